The number of rotatable bonds is 5. The van der Waals surface area contributed by atoms with Crippen molar-refractivity contribution in [1.29, 1.82) is 5.41 Å². The van der Waals surface area contributed by atoms with Gasteiger partial charge in [0.15, 0.2) is 5.78 Å². The number of benzene rings is 2. The average Bonchev–Trinajstić information content (AvgIpc) is 3.07. The average molecular weight is 478 g/mol. The number of likely N-dealkylation sites (tertiary alicyclic amines) is 1. The van der Waals surface area contributed by atoms with Gasteiger partial charge in [0.05, 0.1) is 18.4 Å². The zero-order chi connectivity index (χ0) is 26.3. The van der Waals surface area contributed by atoms with Crippen molar-refractivity contribution in [2.45, 2.75) is 58.3 Å². The molecule has 2 atom stereocenters. The fraction of sp³-hybridized carbons (Fsp3) is 0.483. The minimum absolute atomic E-state index is 0.0112. The van der Waals surface area contributed by atoms with Gasteiger partial charge in [0.1, 0.15) is 11.6 Å². The number of carbonyl (C=O) groups is 2. The van der Waals surface area contributed by atoms with E-state index in [4.69, 9.17) is 5.41 Å². The standard InChI is InChI=1S/C29H39N3O3/c1-28(2,3)21-14-19(15-22(25(21)34)29(4,5)6)23(33)17-32-16-20(27(35)31(7)8)24(26(32)30)18-12-10-9-11-13-18/h9-15,20,24,30,34H,16-17H2,1-8H3/t20-,24+/m0/s1. The summed E-state index contributed by atoms with van der Waals surface area (Å²) in [5, 5.41) is 19.9. The van der Waals surface area contributed by atoms with E-state index in [9.17, 15) is 14.7 Å². The van der Waals surface area contributed by atoms with E-state index >= 15 is 0 Å². The van der Waals surface area contributed by atoms with Crippen LogP contribution in [0.5, 0.6) is 5.75 Å². The van der Waals surface area contributed by atoms with E-state index in [1.807, 2.05) is 71.9 Å². The number of aromatic hydroxyl groups is 1. The topological polar surface area (TPSA) is 84.7 Å². The second-order valence-corrected chi connectivity index (χ2v) is 11.8. The normalized spacial score (nSPS) is 18.6. The lowest BCUT2D eigenvalue weighted by Crippen LogP contribution is -2.34. The molecule has 0 radical (unpaired) electrons. The van der Waals surface area contributed by atoms with Crippen LogP contribution in [-0.2, 0) is 15.6 Å². The summed E-state index contributed by atoms with van der Waals surface area (Å²) >= 11 is 0. The Balaban J connectivity index is 1.98. The smallest absolute Gasteiger partial charge is 0.228 e. The van der Waals surface area contributed by atoms with E-state index in [2.05, 4.69) is 0 Å². The second-order valence-electron chi connectivity index (χ2n) is 11.8. The zero-order valence-corrected chi connectivity index (χ0v) is 22.3. The van der Waals surface area contributed by atoms with Gasteiger partial charge in [-0.1, -0.05) is 71.9 Å². The molecule has 0 unspecified atom stereocenters. The van der Waals surface area contributed by atoms with Crippen LogP contribution in [0.1, 0.15) is 74.5 Å². The van der Waals surface area contributed by atoms with Gasteiger partial charge >= 0.3 is 0 Å². The molecule has 1 aliphatic rings. The Labute approximate surface area is 209 Å². The molecule has 6 heteroatoms. The number of phenols is 1. The first-order valence-electron chi connectivity index (χ1n) is 12.1. The zero-order valence-electron chi connectivity index (χ0n) is 22.3. The highest BCUT2D eigenvalue weighted by Crippen LogP contribution is 2.40. The van der Waals surface area contributed by atoms with E-state index in [1.54, 1.807) is 36.0 Å². The maximum absolute atomic E-state index is 13.6. The Bertz CT molecular complexity index is 1090. The summed E-state index contributed by atoms with van der Waals surface area (Å²) in [6, 6.07) is 13.2. The summed E-state index contributed by atoms with van der Waals surface area (Å²) in [5.41, 5.74) is 2.19. The molecule has 1 amide bonds. The van der Waals surface area contributed by atoms with Gasteiger partial charge in [0, 0.05) is 37.3 Å². The number of amidine groups is 1. The SMILES string of the molecule is CN(C)C(=O)[C@H]1CN(CC(=O)c2cc(C(C)(C)C)c(O)c(C(C)(C)C)c2)C(=N)[C@@H]1c1ccccc1. The molecule has 0 spiro atoms. The maximum Gasteiger partial charge on any atom is 0.228 e. The van der Waals surface area contributed by atoms with Crippen LogP contribution in [0.4, 0.5) is 0 Å². The van der Waals surface area contributed by atoms with Crippen LogP contribution in [-0.4, -0.2) is 59.6 Å². The predicted molar refractivity (Wildman–Crippen MR) is 141 cm³/mol. The molecule has 1 fully saturated rings. The molecule has 1 aliphatic heterocycles. The number of carbonyl (C=O) groups excluding carboxylic acids is 2. The van der Waals surface area contributed by atoms with Gasteiger partial charge in [0.2, 0.25) is 5.91 Å². The van der Waals surface area contributed by atoms with Crippen LogP contribution in [0, 0.1) is 11.3 Å². The molecule has 0 aliphatic carbocycles. The van der Waals surface area contributed by atoms with Crippen molar-refractivity contribution in [2.24, 2.45) is 5.92 Å². The fourth-order valence-corrected chi connectivity index (χ4v) is 4.78. The molecule has 0 bridgehead atoms. The van der Waals surface area contributed by atoms with Crippen molar-refractivity contribution in [3.63, 3.8) is 0 Å². The van der Waals surface area contributed by atoms with Gasteiger partial charge in [-0.3, -0.25) is 15.0 Å². The molecule has 3 rings (SSSR count). The fourth-order valence-electron chi connectivity index (χ4n) is 4.78. The summed E-state index contributed by atoms with van der Waals surface area (Å²) < 4.78 is 0. The molecule has 2 aromatic carbocycles. The molecule has 0 saturated carbocycles. The molecule has 35 heavy (non-hydrogen) atoms. The van der Waals surface area contributed by atoms with E-state index < -0.39 is 11.8 Å². The van der Waals surface area contributed by atoms with Crippen molar-refractivity contribution in [3.05, 3.63) is 64.7 Å². The van der Waals surface area contributed by atoms with Gasteiger partial charge in [-0.2, -0.15) is 0 Å². The Hall–Kier alpha value is -3.15. The molecule has 2 N–H and O–H groups in total. The number of nitrogens with one attached hydrogen (secondary N) is 1. The number of nitrogens with zero attached hydrogens (tertiary/aromatic N) is 2. The first-order valence-corrected chi connectivity index (χ1v) is 12.1. The Morgan fingerprint density at radius 1 is 1.00 bits per heavy atom. The highest BCUT2D eigenvalue weighted by atomic mass is 16.3. The first kappa shape index (κ1) is 26.5. The van der Waals surface area contributed by atoms with E-state index in [-0.39, 0.29) is 40.7 Å². The van der Waals surface area contributed by atoms with Gasteiger partial charge in [-0.15, -0.1) is 0 Å². The molecular formula is C29H39N3O3. The second kappa shape index (κ2) is 9.48. The number of amides is 1. The summed E-state index contributed by atoms with van der Waals surface area (Å²) in [4.78, 5) is 29.9. The third kappa shape index (κ3) is 5.42. The van der Waals surface area contributed by atoms with Crippen molar-refractivity contribution >= 4 is 17.5 Å². The largest absolute Gasteiger partial charge is 0.507 e. The lowest BCUT2D eigenvalue weighted by Gasteiger charge is -2.28. The third-order valence-electron chi connectivity index (χ3n) is 6.75. The summed E-state index contributed by atoms with van der Waals surface area (Å²) in [6.45, 7) is 12.4. The van der Waals surface area contributed by atoms with Crippen molar-refractivity contribution < 1.29 is 14.7 Å². The van der Waals surface area contributed by atoms with Gasteiger partial charge in [-0.05, 0) is 28.5 Å². The molecular weight excluding hydrogens is 438 g/mol. The highest BCUT2D eigenvalue weighted by molar-refractivity contribution is 6.03. The molecule has 1 saturated heterocycles. The van der Waals surface area contributed by atoms with Crippen molar-refractivity contribution in [3.8, 4) is 5.75 Å². The highest BCUT2D eigenvalue weighted by Gasteiger charge is 2.43. The predicted octanol–water partition coefficient (Wildman–Crippen LogP) is 4.95. The van der Waals surface area contributed by atoms with Crippen LogP contribution in [0.15, 0.2) is 42.5 Å². The summed E-state index contributed by atoms with van der Waals surface area (Å²) in [6.07, 6.45) is 0. The number of hydrogen-bond acceptors (Lipinski definition) is 4. The van der Waals surface area contributed by atoms with Crippen molar-refractivity contribution in [1.82, 2.24) is 9.80 Å². The maximum atomic E-state index is 13.6. The minimum Gasteiger partial charge on any atom is -0.507 e. The van der Waals surface area contributed by atoms with Crippen LogP contribution < -0.4 is 0 Å². The molecule has 188 valence electrons. The van der Waals surface area contributed by atoms with E-state index in [0.717, 1.165) is 16.7 Å². The number of hydrogen-bond donors (Lipinski definition) is 2. The molecule has 6 nitrogen and oxygen atoms in total. The molecule has 0 aromatic heterocycles. The third-order valence-corrected chi connectivity index (χ3v) is 6.75. The Kier molecular flexibility index (Phi) is 7.16. The summed E-state index contributed by atoms with van der Waals surface area (Å²) in [7, 11) is 3.45. The lowest BCUT2D eigenvalue weighted by atomic mass is 9.78. The van der Waals surface area contributed by atoms with Gasteiger partial charge < -0.3 is 14.9 Å². The number of ketones is 1. The van der Waals surface area contributed by atoms with Gasteiger partial charge in [-0.25, -0.2) is 0 Å². The lowest BCUT2D eigenvalue weighted by molar-refractivity contribution is -0.132. The quantitative estimate of drug-likeness (QED) is 0.597. The van der Waals surface area contributed by atoms with Crippen molar-refractivity contribution in [2.75, 3.05) is 27.2 Å². The van der Waals surface area contributed by atoms with Gasteiger partial charge in [0.25, 0.3) is 0 Å². The van der Waals surface area contributed by atoms with Crippen LogP contribution in [0.2, 0.25) is 0 Å². The monoisotopic (exact) mass is 477 g/mol. The molecule has 1 heterocycles. The first-order chi connectivity index (χ1) is 16.1. The number of phenolic OH excluding ortho intramolecular Hbond substituents is 1. The number of Topliss-reactive ketones (excluding diaryl/α,β-unsaturated/α-hetero) is 1. The molecule has 2 aromatic rings. The van der Waals surface area contributed by atoms with E-state index in [0.29, 0.717) is 12.1 Å². The van der Waals surface area contributed by atoms with Crippen LogP contribution >= 0.6 is 0 Å². The van der Waals surface area contributed by atoms with Crippen LogP contribution in [0.25, 0.3) is 0 Å². The van der Waals surface area contributed by atoms with Crippen LogP contribution in [0.3, 0.4) is 0 Å². The Morgan fingerprint density at radius 3 is 1.97 bits per heavy atom. The Morgan fingerprint density at radius 2 is 1.51 bits per heavy atom. The minimum atomic E-state index is -0.428. The van der Waals surface area contributed by atoms with E-state index in [1.165, 1.54) is 0 Å². The summed E-state index contributed by atoms with van der Waals surface area (Å²) in [5.74, 6) is -0.479.